The molecule has 0 aromatic heterocycles. The summed E-state index contributed by atoms with van der Waals surface area (Å²) in [5.74, 6) is -1.17. The van der Waals surface area contributed by atoms with E-state index in [4.69, 9.17) is 5.73 Å². The van der Waals surface area contributed by atoms with Crippen molar-refractivity contribution in [2.24, 2.45) is 5.73 Å². The maximum atomic E-state index is 13.4. The van der Waals surface area contributed by atoms with Gasteiger partial charge in [-0.15, -0.1) is 0 Å². The number of amides is 1. The molecule has 0 fully saturated rings. The monoisotopic (exact) mass is 303 g/mol. The smallest absolute Gasteiger partial charge is 0.240 e. The third-order valence-corrected chi connectivity index (χ3v) is 3.94. The lowest BCUT2D eigenvalue weighted by Gasteiger charge is -2.09. The summed E-state index contributed by atoms with van der Waals surface area (Å²) in [4.78, 5) is 10.8. The molecule has 1 amide bonds. The molecule has 0 spiro atoms. The van der Waals surface area contributed by atoms with Crippen molar-refractivity contribution in [3.63, 3.8) is 0 Å². The van der Waals surface area contributed by atoms with Gasteiger partial charge in [-0.05, 0) is 37.6 Å². The van der Waals surface area contributed by atoms with Crippen LogP contribution in [0.2, 0.25) is 0 Å². The summed E-state index contributed by atoms with van der Waals surface area (Å²) in [6.07, 6.45) is 1.33. The summed E-state index contributed by atoms with van der Waals surface area (Å²) >= 11 is 0. The first-order chi connectivity index (χ1) is 9.36. The van der Waals surface area contributed by atoms with E-state index in [0.29, 0.717) is 19.4 Å². The van der Waals surface area contributed by atoms with Crippen molar-refractivity contribution >= 4 is 21.6 Å². The molecule has 0 bridgehead atoms. The zero-order chi connectivity index (χ0) is 15.2. The molecule has 6 nitrogen and oxygen atoms in total. The molecule has 1 rings (SSSR count). The molecule has 4 N–H and O–H groups in total. The molecule has 0 aliphatic rings. The highest BCUT2D eigenvalue weighted by atomic mass is 32.2. The van der Waals surface area contributed by atoms with Gasteiger partial charge in [-0.25, -0.2) is 17.5 Å². The van der Waals surface area contributed by atoms with Crippen LogP contribution in [0.25, 0.3) is 0 Å². The van der Waals surface area contributed by atoms with E-state index in [-0.39, 0.29) is 17.1 Å². The molecule has 20 heavy (non-hydrogen) atoms. The fraction of sp³-hybridized carbons (Fsp3) is 0.417. The topological polar surface area (TPSA) is 101 Å². The number of hydrogen-bond acceptors (Lipinski definition) is 4. The highest BCUT2D eigenvalue weighted by molar-refractivity contribution is 7.89. The Labute approximate surface area is 117 Å². The molecule has 0 aliphatic heterocycles. The number of anilines is 1. The SMILES string of the molecule is CC(=O)Nc1cc(S(=O)(=O)NCCCCN)ccc1F. The number of rotatable bonds is 7. The van der Waals surface area contributed by atoms with Gasteiger partial charge in [0, 0.05) is 13.5 Å². The Balaban J connectivity index is 2.86. The predicted molar refractivity (Wildman–Crippen MR) is 74.2 cm³/mol. The molecule has 0 radical (unpaired) electrons. The third kappa shape index (κ3) is 4.87. The van der Waals surface area contributed by atoms with Crippen LogP contribution in [0.5, 0.6) is 0 Å². The number of unbranched alkanes of at least 4 members (excludes halogenated alkanes) is 1. The van der Waals surface area contributed by atoms with Crippen LogP contribution < -0.4 is 15.8 Å². The van der Waals surface area contributed by atoms with Gasteiger partial charge in [0.15, 0.2) is 0 Å². The molecule has 0 aliphatic carbocycles. The van der Waals surface area contributed by atoms with Crippen molar-refractivity contribution in [1.29, 1.82) is 0 Å². The van der Waals surface area contributed by atoms with Crippen LogP contribution in [0.4, 0.5) is 10.1 Å². The van der Waals surface area contributed by atoms with Crippen LogP contribution >= 0.6 is 0 Å². The van der Waals surface area contributed by atoms with Gasteiger partial charge in [-0.3, -0.25) is 4.79 Å². The molecule has 0 saturated carbocycles. The molecule has 0 saturated heterocycles. The van der Waals surface area contributed by atoms with Crippen molar-refractivity contribution < 1.29 is 17.6 Å². The summed E-state index contributed by atoms with van der Waals surface area (Å²) in [5, 5.41) is 2.24. The summed E-state index contributed by atoms with van der Waals surface area (Å²) in [5.41, 5.74) is 5.15. The number of halogens is 1. The van der Waals surface area contributed by atoms with E-state index in [0.717, 1.165) is 18.2 Å². The van der Waals surface area contributed by atoms with Gasteiger partial charge in [-0.1, -0.05) is 0 Å². The summed E-state index contributed by atoms with van der Waals surface area (Å²) in [6.45, 7) is 1.96. The first-order valence-electron chi connectivity index (χ1n) is 6.13. The van der Waals surface area contributed by atoms with Crippen LogP contribution in [0.15, 0.2) is 23.1 Å². The lowest BCUT2D eigenvalue weighted by molar-refractivity contribution is -0.114. The van der Waals surface area contributed by atoms with E-state index in [9.17, 15) is 17.6 Å². The molecule has 0 atom stereocenters. The number of carbonyl (C=O) groups excluding carboxylic acids is 1. The van der Waals surface area contributed by atoms with E-state index in [2.05, 4.69) is 10.0 Å². The Bertz CT molecular complexity index is 575. The minimum absolute atomic E-state index is 0.101. The van der Waals surface area contributed by atoms with Crippen molar-refractivity contribution in [3.05, 3.63) is 24.0 Å². The van der Waals surface area contributed by atoms with Crippen LogP contribution in [-0.2, 0) is 14.8 Å². The lowest BCUT2D eigenvalue weighted by atomic mass is 10.3. The van der Waals surface area contributed by atoms with E-state index >= 15 is 0 Å². The number of nitrogens with one attached hydrogen (secondary N) is 2. The number of sulfonamides is 1. The van der Waals surface area contributed by atoms with Gasteiger partial charge in [0.05, 0.1) is 10.6 Å². The molecular weight excluding hydrogens is 285 g/mol. The van der Waals surface area contributed by atoms with Crippen LogP contribution in [-0.4, -0.2) is 27.4 Å². The quantitative estimate of drug-likeness (QED) is 0.648. The number of nitrogens with two attached hydrogens (primary N) is 1. The first-order valence-corrected chi connectivity index (χ1v) is 7.62. The zero-order valence-electron chi connectivity index (χ0n) is 11.1. The maximum absolute atomic E-state index is 13.4. The standard InChI is InChI=1S/C12H18FN3O3S/c1-9(17)16-12-8-10(4-5-11(12)13)20(18,19)15-7-3-2-6-14/h4-5,8,15H,2-3,6-7,14H2,1H3,(H,16,17). The average molecular weight is 303 g/mol. The molecule has 0 heterocycles. The van der Waals surface area contributed by atoms with Gasteiger partial charge in [-0.2, -0.15) is 0 Å². The average Bonchev–Trinajstić information content (AvgIpc) is 2.36. The van der Waals surface area contributed by atoms with E-state index in [1.807, 2.05) is 0 Å². The molecule has 112 valence electrons. The fourth-order valence-corrected chi connectivity index (χ4v) is 2.62. The van der Waals surface area contributed by atoms with E-state index < -0.39 is 21.7 Å². The molecule has 1 aromatic rings. The molecule has 1 aromatic carbocycles. The summed E-state index contributed by atoms with van der Waals surface area (Å²) < 4.78 is 39.8. The minimum Gasteiger partial charge on any atom is -0.330 e. The van der Waals surface area contributed by atoms with Crippen molar-refractivity contribution in [1.82, 2.24) is 4.72 Å². The number of benzene rings is 1. The molecular formula is C12H18FN3O3S. The number of hydrogen-bond donors (Lipinski definition) is 3. The fourth-order valence-electron chi connectivity index (χ4n) is 1.52. The molecule has 8 heteroatoms. The van der Waals surface area contributed by atoms with Gasteiger partial charge in [0.2, 0.25) is 15.9 Å². The normalized spacial score (nSPS) is 11.3. The second kappa shape index (κ2) is 7.32. The van der Waals surface area contributed by atoms with Crippen molar-refractivity contribution in [3.8, 4) is 0 Å². The largest absolute Gasteiger partial charge is 0.330 e. The summed E-state index contributed by atoms with van der Waals surface area (Å²) in [6, 6.07) is 3.23. The van der Waals surface area contributed by atoms with Crippen LogP contribution in [0.3, 0.4) is 0 Å². The second-order valence-corrected chi connectivity index (χ2v) is 5.98. The minimum atomic E-state index is -3.72. The maximum Gasteiger partial charge on any atom is 0.240 e. The van der Waals surface area contributed by atoms with Crippen molar-refractivity contribution in [2.45, 2.75) is 24.7 Å². The highest BCUT2D eigenvalue weighted by Crippen LogP contribution is 2.19. The Kier molecular flexibility index (Phi) is 6.05. The zero-order valence-corrected chi connectivity index (χ0v) is 12.0. The Hall–Kier alpha value is -1.51. The van der Waals surface area contributed by atoms with Crippen molar-refractivity contribution in [2.75, 3.05) is 18.4 Å². The molecule has 0 unspecified atom stereocenters. The Morgan fingerprint density at radius 1 is 1.35 bits per heavy atom. The van der Waals surface area contributed by atoms with E-state index in [1.165, 1.54) is 6.92 Å². The Morgan fingerprint density at radius 3 is 2.65 bits per heavy atom. The van der Waals surface area contributed by atoms with Gasteiger partial charge >= 0.3 is 0 Å². The van der Waals surface area contributed by atoms with Crippen LogP contribution in [0.1, 0.15) is 19.8 Å². The second-order valence-electron chi connectivity index (χ2n) is 4.22. The predicted octanol–water partition coefficient (Wildman–Crippen LogP) is 0.801. The van der Waals surface area contributed by atoms with Gasteiger partial charge in [0.25, 0.3) is 0 Å². The third-order valence-electron chi connectivity index (χ3n) is 2.48. The van der Waals surface area contributed by atoms with Crippen LogP contribution in [0, 0.1) is 5.82 Å². The lowest BCUT2D eigenvalue weighted by Crippen LogP contribution is -2.25. The van der Waals surface area contributed by atoms with E-state index in [1.54, 1.807) is 0 Å². The highest BCUT2D eigenvalue weighted by Gasteiger charge is 2.16. The number of carbonyl (C=O) groups is 1. The Morgan fingerprint density at radius 2 is 2.05 bits per heavy atom. The van der Waals surface area contributed by atoms with Gasteiger partial charge in [0.1, 0.15) is 5.82 Å². The summed E-state index contributed by atoms with van der Waals surface area (Å²) in [7, 11) is -3.72. The van der Waals surface area contributed by atoms with Gasteiger partial charge < -0.3 is 11.1 Å². The first kappa shape index (κ1) is 16.5.